The first-order valence-corrected chi connectivity index (χ1v) is 7.87. The van der Waals surface area contributed by atoms with Crippen molar-refractivity contribution in [1.29, 1.82) is 0 Å². The summed E-state index contributed by atoms with van der Waals surface area (Å²) < 4.78 is 10.5. The van der Waals surface area contributed by atoms with Gasteiger partial charge in [0, 0.05) is 5.92 Å². The zero-order valence-corrected chi connectivity index (χ0v) is 12.9. The minimum atomic E-state index is -0.306. The van der Waals surface area contributed by atoms with Crippen LogP contribution in [0.25, 0.3) is 0 Å². The van der Waals surface area contributed by atoms with Gasteiger partial charge in [-0.2, -0.15) is 4.98 Å². The summed E-state index contributed by atoms with van der Waals surface area (Å²) in [5, 5.41) is 6.60. The molecule has 1 saturated carbocycles. The van der Waals surface area contributed by atoms with E-state index in [0.29, 0.717) is 29.9 Å². The lowest BCUT2D eigenvalue weighted by molar-refractivity contribution is 0.0944. The second-order valence-electron chi connectivity index (χ2n) is 5.79. The molecule has 24 heavy (non-hydrogen) atoms. The lowest BCUT2D eigenvalue weighted by Crippen LogP contribution is -2.23. The summed E-state index contributed by atoms with van der Waals surface area (Å²) in [5.41, 5.74) is 1.37. The van der Waals surface area contributed by atoms with Crippen molar-refractivity contribution in [3.63, 3.8) is 0 Å². The maximum atomic E-state index is 12.1. The summed E-state index contributed by atoms with van der Waals surface area (Å²) in [4.78, 5) is 20.5. The molecular formula is C17H16N4O3. The molecule has 0 radical (unpaired) electrons. The highest BCUT2D eigenvalue weighted by atomic mass is 16.5. The number of nitrogens with zero attached hydrogens (tertiary/aromatic N) is 3. The molecule has 0 bridgehead atoms. The molecule has 2 heterocycles. The van der Waals surface area contributed by atoms with Gasteiger partial charge in [0.05, 0.1) is 13.0 Å². The van der Waals surface area contributed by atoms with E-state index in [9.17, 15) is 4.79 Å². The fourth-order valence-electron chi connectivity index (χ4n) is 2.36. The lowest BCUT2D eigenvalue weighted by Gasteiger charge is -1.97. The minimum Gasteiger partial charge on any atom is -0.448 e. The number of carbonyl (C=O) groups is 1. The Bertz CT molecular complexity index is 836. The second kappa shape index (κ2) is 6.27. The molecule has 0 unspecified atom stereocenters. The third-order valence-corrected chi connectivity index (χ3v) is 3.80. The van der Waals surface area contributed by atoms with Gasteiger partial charge in [-0.1, -0.05) is 35.5 Å². The Morgan fingerprint density at radius 3 is 2.83 bits per heavy atom. The Morgan fingerprint density at radius 2 is 2.04 bits per heavy atom. The molecule has 0 atom stereocenters. The van der Waals surface area contributed by atoms with Crippen molar-refractivity contribution in [3.05, 3.63) is 65.5 Å². The van der Waals surface area contributed by atoms with Crippen LogP contribution in [0.3, 0.4) is 0 Å². The van der Waals surface area contributed by atoms with Crippen molar-refractivity contribution in [1.82, 2.24) is 20.4 Å². The molecule has 122 valence electrons. The van der Waals surface area contributed by atoms with Crippen molar-refractivity contribution >= 4 is 5.91 Å². The van der Waals surface area contributed by atoms with Gasteiger partial charge in [-0.3, -0.25) is 4.79 Å². The highest BCUT2D eigenvalue weighted by Crippen LogP contribution is 2.39. The van der Waals surface area contributed by atoms with Crippen LogP contribution >= 0.6 is 0 Å². The van der Waals surface area contributed by atoms with Crippen molar-refractivity contribution in [2.75, 3.05) is 0 Å². The van der Waals surface area contributed by atoms with Gasteiger partial charge in [0.1, 0.15) is 6.26 Å². The number of amides is 1. The van der Waals surface area contributed by atoms with E-state index >= 15 is 0 Å². The van der Waals surface area contributed by atoms with Crippen LogP contribution in [0, 0.1) is 0 Å². The van der Waals surface area contributed by atoms with Crippen LogP contribution in [0.5, 0.6) is 0 Å². The van der Waals surface area contributed by atoms with Crippen molar-refractivity contribution in [3.8, 4) is 0 Å². The maximum absolute atomic E-state index is 12.1. The number of benzene rings is 1. The second-order valence-corrected chi connectivity index (χ2v) is 5.79. The molecule has 1 fully saturated rings. The topological polar surface area (TPSA) is 94.1 Å². The molecule has 1 aliphatic carbocycles. The predicted molar refractivity (Wildman–Crippen MR) is 83.2 cm³/mol. The SMILES string of the molecule is O=C(NCc1noc(Cc2ccccc2)n1)c1coc(C2CC2)n1. The Labute approximate surface area is 138 Å². The minimum absolute atomic E-state index is 0.183. The average Bonchev–Trinajstić information content (AvgIpc) is 3.17. The standard InChI is InChI=1S/C17H16N4O3/c22-16(13-10-23-17(19-13)12-6-7-12)18-9-14-20-15(24-21-14)8-11-4-2-1-3-5-11/h1-5,10,12H,6-9H2,(H,18,22). The van der Waals surface area contributed by atoms with E-state index < -0.39 is 0 Å². The third-order valence-electron chi connectivity index (χ3n) is 3.80. The zero-order valence-electron chi connectivity index (χ0n) is 12.9. The van der Waals surface area contributed by atoms with Gasteiger partial charge in [-0.25, -0.2) is 4.98 Å². The molecule has 0 spiro atoms. The molecule has 0 saturated heterocycles. The fourth-order valence-corrected chi connectivity index (χ4v) is 2.36. The number of oxazole rings is 1. The third kappa shape index (κ3) is 3.34. The van der Waals surface area contributed by atoms with Crippen LogP contribution in [-0.4, -0.2) is 21.0 Å². The molecule has 3 aromatic rings. The van der Waals surface area contributed by atoms with E-state index in [0.717, 1.165) is 18.4 Å². The Kier molecular flexibility index (Phi) is 3.82. The number of hydrogen-bond donors (Lipinski definition) is 1. The largest absolute Gasteiger partial charge is 0.448 e. The number of aromatic nitrogens is 3. The first-order valence-electron chi connectivity index (χ1n) is 7.87. The summed E-state index contributed by atoms with van der Waals surface area (Å²) in [6.07, 6.45) is 4.11. The number of nitrogens with one attached hydrogen (secondary N) is 1. The molecule has 1 aromatic carbocycles. The first kappa shape index (κ1) is 14.6. The van der Waals surface area contributed by atoms with Crippen molar-refractivity contribution in [2.24, 2.45) is 0 Å². The van der Waals surface area contributed by atoms with Crippen molar-refractivity contribution < 1.29 is 13.7 Å². The number of rotatable bonds is 6. The smallest absolute Gasteiger partial charge is 0.273 e. The Hall–Kier alpha value is -2.96. The fraction of sp³-hybridized carbons (Fsp3) is 0.294. The van der Waals surface area contributed by atoms with Gasteiger partial charge >= 0.3 is 0 Å². The van der Waals surface area contributed by atoms with Crippen LogP contribution in [0.15, 0.2) is 45.5 Å². The van der Waals surface area contributed by atoms with Gasteiger partial charge in [0.15, 0.2) is 17.4 Å². The highest BCUT2D eigenvalue weighted by molar-refractivity contribution is 5.91. The van der Waals surface area contributed by atoms with E-state index in [1.165, 1.54) is 6.26 Å². The first-order chi connectivity index (χ1) is 11.8. The molecule has 0 aliphatic heterocycles. The van der Waals surface area contributed by atoms with Crippen molar-refractivity contribution in [2.45, 2.75) is 31.7 Å². The van der Waals surface area contributed by atoms with Gasteiger partial charge in [0.2, 0.25) is 5.89 Å². The van der Waals surface area contributed by atoms with E-state index in [-0.39, 0.29) is 18.1 Å². The Morgan fingerprint density at radius 1 is 1.21 bits per heavy atom. The van der Waals surface area contributed by atoms with Gasteiger partial charge in [-0.05, 0) is 18.4 Å². The van der Waals surface area contributed by atoms with Crippen LogP contribution in [0.1, 0.15) is 52.4 Å². The lowest BCUT2D eigenvalue weighted by atomic mass is 10.1. The summed E-state index contributed by atoms with van der Waals surface area (Å²) >= 11 is 0. The highest BCUT2D eigenvalue weighted by Gasteiger charge is 2.29. The summed E-state index contributed by atoms with van der Waals surface area (Å²) in [7, 11) is 0. The van der Waals surface area contributed by atoms with Crippen LogP contribution in [0.2, 0.25) is 0 Å². The van der Waals surface area contributed by atoms with Gasteiger partial charge < -0.3 is 14.3 Å². The molecule has 4 rings (SSSR count). The molecule has 1 amide bonds. The summed E-state index contributed by atoms with van der Waals surface area (Å²) in [5.74, 6) is 1.66. The average molecular weight is 324 g/mol. The molecule has 7 heteroatoms. The number of hydrogen-bond acceptors (Lipinski definition) is 6. The monoisotopic (exact) mass is 324 g/mol. The predicted octanol–water partition coefficient (Wildman–Crippen LogP) is 2.46. The van der Waals surface area contributed by atoms with E-state index in [1.54, 1.807) is 0 Å². The summed E-state index contributed by atoms with van der Waals surface area (Å²) in [6, 6.07) is 9.86. The quantitative estimate of drug-likeness (QED) is 0.748. The van der Waals surface area contributed by atoms with E-state index in [2.05, 4.69) is 20.4 Å². The normalized spacial score (nSPS) is 13.8. The van der Waals surface area contributed by atoms with E-state index in [4.69, 9.17) is 8.94 Å². The summed E-state index contributed by atoms with van der Waals surface area (Å²) in [6.45, 7) is 0.183. The Balaban J connectivity index is 1.33. The molecular weight excluding hydrogens is 308 g/mol. The zero-order chi connectivity index (χ0) is 16.4. The van der Waals surface area contributed by atoms with Crippen LogP contribution in [-0.2, 0) is 13.0 Å². The maximum Gasteiger partial charge on any atom is 0.273 e. The van der Waals surface area contributed by atoms with Gasteiger partial charge in [-0.15, -0.1) is 0 Å². The molecule has 2 aromatic heterocycles. The van der Waals surface area contributed by atoms with Crippen LogP contribution < -0.4 is 5.32 Å². The molecule has 1 N–H and O–H groups in total. The molecule has 7 nitrogen and oxygen atoms in total. The van der Waals surface area contributed by atoms with Crippen LogP contribution in [0.4, 0.5) is 0 Å². The number of carbonyl (C=O) groups excluding carboxylic acids is 1. The van der Waals surface area contributed by atoms with E-state index in [1.807, 2.05) is 30.3 Å². The van der Waals surface area contributed by atoms with Gasteiger partial charge in [0.25, 0.3) is 5.91 Å². The molecule has 1 aliphatic rings.